The summed E-state index contributed by atoms with van der Waals surface area (Å²) < 4.78 is 26.2. The number of amides is 1. The number of nitrogens with zero attached hydrogens (tertiary/aromatic N) is 1. The second-order valence-electron chi connectivity index (χ2n) is 6.18. The smallest absolute Gasteiger partial charge is 0.255 e. The van der Waals surface area contributed by atoms with E-state index in [1.54, 1.807) is 36.4 Å². The molecule has 0 saturated carbocycles. The monoisotopic (exact) mass is 412 g/mol. The van der Waals surface area contributed by atoms with Gasteiger partial charge in [-0.25, -0.2) is 8.42 Å². The highest BCUT2D eigenvalue weighted by Crippen LogP contribution is 2.29. The second kappa shape index (κ2) is 7.47. The largest absolute Gasteiger partial charge is 0.322 e. The Morgan fingerprint density at radius 3 is 2.54 bits per heavy atom. The van der Waals surface area contributed by atoms with Crippen LogP contribution in [0.2, 0.25) is 10.0 Å². The van der Waals surface area contributed by atoms with Crippen LogP contribution in [-0.2, 0) is 10.0 Å². The Morgan fingerprint density at radius 2 is 1.85 bits per heavy atom. The number of hydrogen-bond donors (Lipinski definition) is 1. The van der Waals surface area contributed by atoms with Crippen molar-refractivity contribution in [3.8, 4) is 0 Å². The van der Waals surface area contributed by atoms with Gasteiger partial charge >= 0.3 is 0 Å². The third-order valence-electron chi connectivity index (χ3n) is 4.27. The summed E-state index contributed by atoms with van der Waals surface area (Å²) in [6.45, 7) is 2.27. The average Bonchev–Trinajstić information content (AvgIpc) is 2.58. The first-order valence-corrected chi connectivity index (χ1v) is 10.5. The molecule has 0 atom stereocenters. The number of rotatable bonds is 3. The minimum Gasteiger partial charge on any atom is -0.322 e. The Balaban J connectivity index is 1.89. The zero-order chi connectivity index (χ0) is 18.9. The molecule has 2 aromatic rings. The van der Waals surface area contributed by atoms with E-state index in [-0.39, 0.29) is 11.7 Å². The van der Waals surface area contributed by atoms with Crippen molar-refractivity contribution in [3.05, 3.63) is 57.6 Å². The maximum absolute atomic E-state index is 12.6. The van der Waals surface area contributed by atoms with E-state index in [0.29, 0.717) is 39.9 Å². The Hall–Kier alpha value is -1.76. The summed E-state index contributed by atoms with van der Waals surface area (Å²) in [4.78, 5) is 12.6. The molecular weight excluding hydrogens is 395 g/mol. The van der Waals surface area contributed by atoms with Crippen LogP contribution >= 0.6 is 23.2 Å². The molecule has 0 bridgehead atoms. The van der Waals surface area contributed by atoms with Gasteiger partial charge in [0.15, 0.2) is 0 Å². The highest BCUT2D eigenvalue weighted by Gasteiger charge is 2.27. The van der Waals surface area contributed by atoms with Crippen molar-refractivity contribution in [1.29, 1.82) is 0 Å². The lowest BCUT2D eigenvalue weighted by Gasteiger charge is -2.29. The lowest BCUT2D eigenvalue weighted by molar-refractivity contribution is 0.102. The molecule has 1 heterocycles. The third kappa shape index (κ3) is 3.98. The van der Waals surface area contributed by atoms with E-state index in [0.717, 1.165) is 12.0 Å². The SMILES string of the molecule is Cc1ccc(C(=O)Nc2ccc(Cl)c(Cl)c2)cc1N1CCCCS1(=O)=O. The number of anilines is 2. The van der Waals surface area contributed by atoms with E-state index in [2.05, 4.69) is 5.32 Å². The molecule has 0 aromatic heterocycles. The number of aryl methyl sites for hydroxylation is 1. The van der Waals surface area contributed by atoms with Gasteiger partial charge in [-0.1, -0.05) is 29.3 Å². The topological polar surface area (TPSA) is 66.5 Å². The normalized spacial score (nSPS) is 16.3. The molecular formula is C18H18Cl2N2O3S. The zero-order valence-corrected chi connectivity index (χ0v) is 16.5. The van der Waals surface area contributed by atoms with Gasteiger partial charge < -0.3 is 5.32 Å². The third-order valence-corrected chi connectivity index (χ3v) is 6.86. The van der Waals surface area contributed by atoms with Crippen molar-refractivity contribution in [2.24, 2.45) is 0 Å². The van der Waals surface area contributed by atoms with Crippen molar-refractivity contribution < 1.29 is 13.2 Å². The van der Waals surface area contributed by atoms with Crippen LogP contribution in [0.25, 0.3) is 0 Å². The minimum atomic E-state index is -3.34. The van der Waals surface area contributed by atoms with Crippen LogP contribution in [0.3, 0.4) is 0 Å². The number of benzene rings is 2. The van der Waals surface area contributed by atoms with Gasteiger partial charge in [-0.15, -0.1) is 0 Å². The van der Waals surface area contributed by atoms with Gasteiger partial charge in [0.25, 0.3) is 5.91 Å². The van der Waals surface area contributed by atoms with Gasteiger partial charge in [0, 0.05) is 17.8 Å². The Labute approximate surface area is 163 Å². The highest BCUT2D eigenvalue weighted by molar-refractivity contribution is 7.92. The molecule has 1 saturated heterocycles. The van der Waals surface area contributed by atoms with Gasteiger partial charge in [0.1, 0.15) is 0 Å². The van der Waals surface area contributed by atoms with E-state index >= 15 is 0 Å². The summed E-state index contributed by atoms with van der Waals surface area (Å²) in [5, 5.41) is 3.49. The Kier molecular flexibility index (Phi) is 5.46. The molecule has 0 radical (unpaired) electrons. The zero-order valence-electron chi connectivity index (χ0n) is 14.1. The first-order chi connectivity index (χ1) is 12.3. The summed E-state index contributed by atoms with van der Waals surface area (Å²) in [7, 11) is -3.34. The average molecular weight is 413 g/mol. The fourth-order valence-corrected chi connectivity index (χ4v) is 4.85. The summed E-state index contributed by atoms with van der Waals surface area (Å²) >= 11 is 11.8. The molecule has 1 amide bonds. The van der Waals surface area contributed by atoms with E-state index in [1.165, 1.54) is 4.31 Å². The van der Waals surface area contributed by atoms with Gasteiger partial charge in [-0.3, -0.25) is 9.10 Å². The van der Waals surface area contributed by atoms with Crippen molar-refractivity contribution in [2.45, 2.75) is 19.8 Å². The molecule has 138 valence electrons. The van der Waals surface area contributed by atoms with Crippen LogP contribution in [0.4, 0.5) is 11.4 Å². The first kappa shape index (κ1) is 19.0. The van der Waals surface area contributed by atoms with Crippen LogP contribution in [0.15, 0.2) is 36.4 Å². The van der Waals surface area contributed by atoms with E-state index in [9.17, 15) is 13.2 Å². The van der Waals surface area contributed by atoms with Gasteiger partial charge in [0.05, 0.1) is 21.5 Å². The van der Waals surface area contributed by atoms with Crippen molar-refractivity contribution in [1.82, 2.24) is 0 Å². The van der Waals surface area contributed by atoms with Crippen LogP contribution in [0.1, 0.15) is 28.8 Å². The molecule has 0 spiro atoms. The molecule has 5 nitrogen and oxygen atoms in total. The number of nitrogens with one attached hydrogen (secondary N) is 1. The highest BCUT2D eigenvalue weighted by atomic mass is 35.5. The van der Waals surface area contributed by atoms with E-state index in [1.807, 2.05) is 6.92 Å². The molecule has 2 aromatic carbocycles. The van der Waals surface area contributed by atoms with Gasteiger partial charge in [-0.2, -0.15) is 0 Å². The molecule has 1 N–H and O–H groups in total. The van der Waals surface area contributed by atoms with Crippen LogP contribution in [-0.4, -0.2) is 26.6 Å². The summed E-state index contributed by atoms with van der Waals surface area (Å²) in [6, 6.07) is 9.85. The molecule has 8 heteroatoms. The predicted molar refractivity (Wildman–Crippen MR) is 106 cm³/mol. The van der Waals surface area contributed by atoms with Crippen molar-refractivity contribution in [2.75, 3.05) is 21.9 Å². The number of halogens is 2. The van der Waals surface area contributed by atoms with Crippen LogP contribution in [0.5, 0.6) is 0 Å². The number of sulfonamides is 1. The molecule has 1 aliphatic rings. The summed E-state index contributed by atoms with van der Waals surface area (Å²) in [6.07, 6.45) is 1.47. The lowest BCUT2D eigenvalue weighted by atomic mass is 10.1. The number of carbonyl (C=O) groups is 1. The van der Waals surface area contributed by atoms with Crippen LogP contribution in [0, 0.1) is 6.92 Å². The summed E-state index contributed by atoms with van der Waals surface area (Å²) in [5.74, 6) is -0.217. The first-order valence-electron chi connectivity index (χ1n) is 8.15. The molecule has 0 unspecified atom stereocenters. The van der Waals surface area contributed by atoms with Crippen molar-refractivity contribution >= 4 is 50.5 Å². The molecule has 1 fully saturated rings. The minimum absolute atomic E-state index is 0.131. The number of carbonyl (C=O) groups excluding carboxylic acids is 1. The fourth-order valence-electron chi connectivity index (χ4n) is 2.86. The number of hydrogen-bond acceptors (Lipinski definition) is 3. The van der Waals surface area contributed by atoms with E-state index < -0.39 is 10.0 Å². The maximum Gasteiger partial charge on any atom is 0.255 e. The Bertz CT molecular complexity index is 961. The fraction of sp³-hybridized carbons (Fsp3) is 0.278. The molecule has 3 rings (SSSR count). The van der Waals surface area contributed by atoms with Crippen LogP contribution < -0.4 is 9.62 Å². The van der Waals surface area contributed by atoms with Crippen molar-refractivity contribution in [3.63, 3.8) is 0 Å². The maximum atomic E-state index is 12.6. The standard InChI is InChI=1S/C18H18Cl2N2O3S/c1-12-4-5-13(10-17(12)22-8-2-3-9-26(22,24)25)18(23)21-14-6-7-15(19)16(20)11-14/h4-7,10-11H,2-3,8-9H2,1H3,(H,21,23). The lowest BCUT2D eigenvalue weighted by Crippen LogP contribution is -2.38. The molecule has 0 aliphatic carbocycles. The quantitative estimate of drug-likeness (QED) is 0.807. The predicted octanol–water partition coefficient (Wildman–Crippen LogP) is 4.48. The van der Waals surface area contributed by atoms with Gasteiger partial charge in [-0.05, 0) is 55.7 Å². The Morgan fingerprint density at radius 1 is 1.08 bits per heavy atom. The van der Waals surface area contributed by atoms with E-state index in [4.69, 9.17) is 23.2 Å². The second-order valence-corrected chi connectivity index (χ2v) is 9.01. The molecule has 1 aliphatic heterocycles. The molecule has 26 heavy (non-hydrogen) atoms. The van der Waals surface area contributed by atoms with Gasteiger partial charge in [0.2, 0.25) is 10.0 Å². The summed E-state index contributed by atoms with van der Waals surface area (Å²) in [5.41, 5.74) is 2.24.